The highest BCUT2D eigenvalue weighted by Crippen LogP contribution is 2.15. The van der Waals surface area contributed by atoms with E-state index in [-0.39, 0.29) is 5.56 Å². The maximum atomic E-state index is 12.2. The van der Waals surface area contributed by atoms with Gasteiger partial charge in [0.05, 0.1) is 5.52 Å². The number of aryl methyl sites for hydroxylation is 3. The van der Waals surface area contributed by atoms with Crippen molar-refractivity contribution < 1.29 is 0 Å². The summed E-state index contributed by atoms with van der Waals surface area (Å²) in [5.41, 5.74) is 3.26. The lowest BCUT2D eigenvalue weighted by Crippen LogP contribution is -2.22. The van der Waals surface area contributed by atoms with Gasteiger partial charge in [0.1, 0.15) is 0 Å². The van der Waals surface area contributed by atoms with Crippen molar-refractivity contribution in [2.24, 2.45) is 7.05 Å². The topological polar surface area (TPSA) is 34.0 Å². The Labute approximate surface area is 107 Å². The van der Waals surface area contributed by atoms with Crippen LogP contribution in [0.2, 0.25) is 0 Å². The van der Waals surface area contributed by atoms with Crippen LogP contribution in [0.15, 0.2) is 29.1 Å². The molecule has 1 aromatic carbocycles. The third-order valence-corrected chi connectivity index (χ3v) is 3.33. The number of nitrogens with one attached hydrogen (secondary N) is 1. The summed E-state index contributed by atoms with van der Waals surface area (Å²) >= 11 is 0. The molecule has 3 nitrogen and oxygen atoms in total. The fraction of sp³-hybridized carbons (Fsp3) is 0.400. The maximum Gasteiger partial charge on any atom is 0.253 e. The molecule has 0 spiro atoms. The summed E-state index contributed by atoms with van der Waals surface area (Å²) in [5, 5.41) is 4.26. The Morgan fingerprint density at radius 3 is 2.78 bits per heavy atom. The highest BCUT2D eigenvalue weighted by atomic mass is 16.1. The van der Waals surface area contributed by atoms with Gasteiger partial charge in [0.25, 0.3) is 5.56 Å². The number of nitrogens with zero attached hydrogens (tertiary/aromatic N) is 1. The van der Waals surface area contributed by atoms with Gasteiger partial charge in [0.2, 0.25) is 0 Å². The summed E-state index contributed by atoms with van der Waals surface area (Å²) in [6.07, 6.45) is 1.82. The van der Waals surface area contributed by atoms with Gasteiger partial charge in [-0.15, -0.1) is 0 Å². The molecular weight excluding hydrogens is 224 g/mol. The third-order valence-electron chi connectivity index (χ3n) is 3.33. The SMILES string of the molecule is CNCCCc1cc2cc(C)ccc2n(C)c1=O. The Balaban J connectivity index is 2.48. The van der Waals surface area contributed by atoms with Crippen molar-refractivity contribution in [2.45, 2.75) is 19.8 Å². The van der Waals surface area contributed by atoms with E-state index >= 15 is 0 Å². The Morgan fingerprint density at radius 1 is 1.28 bits per heavy atom. The fourth-order valence-corrected chi connectivity index (χ4v) is 2.30. The average Bonchev–Trinajstić information content (AvgIpc) is 2.35. The maximum absolute atomic E-state index is 12.2. The first-order valence-electron chi connectivity index (χ1n) is 6.37. The number of fused-ring (bicyclic) bond motifs is 1. The number of rotatable bonds is 4. The van der Waals surface area contributed by atoms with Crippen molar-refractivity contribution in [3.05, 3.63) is 45.7 Å². The predicted molar refractivity (Wildman–Crippen MR) is 76.2 cm³/mol. The average molecular weight is 244 g/mol. The van der Waals surface area contributed by atoms with Crippen LogP contribution in [0.3, 0.4) is 0 Å². The minimum atomic E-state index is 0.127. The second-order valence-electron chi connectivity index (χ2n) is 4.80. The van der Waals surface area contributed by atoms with Crippen molar-refractivity contribution in [1.29, 1.82) is 0 Å². The zero-order valence-electron chi connectivity index (χ0n) is 11.3. The van der Waals surface area contributed by atoms with E-state index in [4.69, 9.17) is 0 Å². The smallest absolute Gasteiger partial charge is 0.253 e. The summed E-state index contributed by atoms with van der Waals surface area (Å²) < 4.78 is 1.75. The van der Waals surface area contributed by atoms with Crippen LogP contribution in [0.5, 0.6) is 0 Å². The number of hydrogen-bond donors (Lipinski definition) is 1. The zero-order valence-corrected chi connectivity index (χ0v) is 11.3. The molecule has 0 saturated heterocycles. The van der Waals surface area contributed by atoms with E-state index in [1.54, 1.807) is 4.57 Å². The van der Waals surface area contributed by atoms with E-state index < -0.39 is 0 Å². The van der Waals surface area contributed by atoms with E-state index in [1.807, 2.05) is 32.3 Å². The molecule has 0 unspecified atom stereocenters. The second-order valence-corrected chi connectivity index (χ2v) is 4.80. The monoisotopic (exact) mass is 244 g/mol. The van der Waals surface area contributed by atoms with Crippen molar-refractivity contribution in [2.75, 3.05) is 13.6 Å². The van der Waals surface area contributed by atoms with Crippen LogP contribution >= 0.6 is 0 Å². The summed E-state index contributed by atoms with van der Waals surface area (Å²) in [6.45, 7) is 3.01. The van der Waals surface area contributed by atoms with Gasteiger partial charge in [-0.3, -0.25) is 4.79 Å². The molecule has 2 rings (SSSR count). The quantitative estimate of drug-likeness (QED) is 0.835. The molecule has 0 saturated carbocycles. The van der Waals surface area contributed by atoms with Gasteiger partial charge in [0, 0.05) is 12.6 Å². The molecule has 0 bridgehead atoms. The van der Waals surface area contributed by atoms with Crippen LogP contribution in [-0.2, 0) is 13.5 Å². The number of aromatic nitrogens is 1. The van der Waals surface area contributed by atoms with Gasteiger partial charge in [-0.2, -0.15) is 0 Å². The lowest BCUT2D eigenvalue weighted by atomic mass is 10.1. The van der Waals surface area contributed by atoms with Gasteiger partial charge < -0.3 is 9.88 Å². The van der Waals surface area contributed by atoms with Gasteiger partial charge in [-0.25, -0.2) is 0 Å². The van der Waals surface area contributed by atoms with Crippen LogP contribution < -0.4 is 10.9 Å². The molecule has 0 aliphatic heterocycles. The fourth-order valence-electron chi connectivity index (χ4n) is 2.30. The van der Waals surface area contributed by atoms with Gasteiger partial charge in [-0.1, -0.05) is 11.6 Å². The van der Waals surface area contributed by atoms with Crippen LogP contribution in [-0.4, -0.2) is 18.2 Å². The van der Waals surface area contributed by atoms with Crippen molar-refractivity contribution >= 4 is 10.9 Å². The molecule has 96 valence electrons. The van der Waals surface area contributed by atoms with E-state index in [1.165, 1.54) is 5.56 Å². The molecular formula is C15H20N2O. The van der Waals surface area contributed by atoms with Crippen molar-refractivity contribution in [1.82, 2.24) is 9.88 Å². The Hall–Kier alpha value is -1.61. The number of benzene rings is 1. The number of hydrogen-bond acceptors (Lipinski definition) is 2. The van der Waals surface area contributed by atoms with E-state index in [0.717, 1.165) is 35.9 Å². The largest absolute Gasteiger partial charge is 0.320 e. The van der Waals surface area contributed by atoms with Gasteiger partial charge in [0.15, 0.2) is 0 Å². The molecule has 0 atom stereocenters. The standard InChI is InChI=1S/C15H20N2O/c1-11-6-7-14-13(9-11)10-12(5-4-8-16-2)15(18)17(14)3/h6-7,9-10,16H,4-5,8H2,1-3H3. The highest BCUT2D eigenvalue weighted by molar-refractivity contribution is 5.80. The lowest BCUT2D eigenvalue weighted by molar-refractivity contribution is 0.716. The van der Waals surface area contributed by atoms with E-state index in [9.17, 15) is 4.79 Å². The molecule has 0 radical (unpaired) electrons. The molecule has 2 aromatic rings. The summed E-state index contributed by atoms with van der Waals surface area (Å²) in [4.78, 5) is 12.2. The molecule has 3 heteroatoms. The molecule has 0 aliphatic carbocycles. The van der Waals surface area contributed by atoms with Gasteiger partial charge >= 0.3 is 0 Å². The molecule has 0 aliphatic rings. The zero-order chi connectivity index (χ0) is 13.1. The van der Waals surface area contributed by atoms with Crippen molar-refractivity contribution in [3.63, 3.8) is 0 Å². The minimum absolute atomic E-state index is 0.127. The molecule has 1 aromatic heterocycles. The predicted octanol–water partition coefficient (Wildman–Crippen LogP) is 2.00. The normalized spacial score (nSPS) is 11.1. The molecule has 0 amide bonds. The molecule has 18 heavy (non-hydrogen) atoms. The first-order chi connectivity index (χ1) is 8.63. The first kappa shape index (κ1) is 12.8. The number of pyridine rings is 1. The van der Waals surface area contributed by atoms with E-state index in [0.29, 0.717) is 0 Å². The second kappa shape index (κ2) is 5.36. The lowest BCUT2D eigenvalue weighted by Gasteiger charge is -2.09. The van der Waals surface area contributed by atoms with Crippen LogP contribution in [0.1, 0.15) is 17.5 Å². The first-order valence-corrected chi connectivity index (χ1v) is 6.37. The molecule has 1 N–H and O–H groups in total. The highest BCUT2D eigenvalue weighted by Gasteiger charge is 2.06. The minimum Gasteiger partial charge on any atom is -0.320 e. The van der Waals surface area contributed by atoms with Gasteiger partial charge in [-0.05, 0) is 56.9 Å². The Morgan fingerprint density at radius 2 is 2.06 bits per heavy atom. The van der Waals surface area contributed by atoms with Crippen LogP contribution in [0, 0.1) is 6.92 Å². The van der Waals surface area contributed by atoms with Crippen LogP contribution in [0.4, 0.5) is 0 Å². The molecule has 0 fully saturated rings. The third kappa shape index (κ3) is 2.46. The van der Waals surface area contributed by atoms with E-state index in [2.05, 4.69) is 18.3 Å². The Bertz CT molecular complexity index is 614. The summed E-state index contributed by atoms with van der Waals surface area (Å²) in [6, 6.07) is 8.24. The summed E-state index contributed by atoms with van der Waals surface area (Å²) in [5.74, 6) is 0. The molecule has 1 heterocycles. The van der Waals surface area contributed by atoms with Crippen LogP contribution in [0.25, 0.3) is 10.9 Å². The Kier molecular flexibility index (Phi) is 3.82. The van der Waals surface area contributed by atoms with Crippen molar-refractivity contribution in [3.8, 4) is 0 Å². The summed E-state index contributed by atoms with van der Waals surface area (Å²) in [7, 11) is 3.78.